The third-order valence-electron chi connectivity index (χ3n) is 7.71. The molecule has 0 spiro atoms. The number of carboxylic acids is 1. The van der Waals surface area contributed by atoms with Gasteiger partial charge in [-0.3, -0.25) is 4.79 Å². The highest BCUT2D eigenvalue weighted by molar-refractivity contribution is 5.84. The number of nitriles is 1. The molecular formula is C20H25F4N3O3. The first kappa shape index (κ1) is 21.3. The second kappa shape index (κ2) is 6.81. The summed E-state index contributed by atoms with van der Waals surface area (Å²) in [5.41, 5.74) is 5.03. The summed E-state index contributed by atoms with van der Waals surface area (Å²) in [4.78, 5) is 23.8. The monoisotopic (exact) mass is 431 g/mol. The van der Waals surface area contributed by atoms with E-state index < -0.39 is 23.9 Å². The highest BCUT2D eigenvalue weighted by Gasteiger charge is 2.63. The Kier molecular flexibility index (Phi) is 4.84. The van der Waals surface area contributed by atoms with Gasteiger partial charge in [0.05, 0.1) is 12.1 Å². The Morgan fingerprint density at radius 1 is 1.13 bits per heavy atom. The Bertz CT molecular complexity index is 781. The lowest BCUT2D eigenvalue weighted by molar-refractivity contribution is -0.192. The molecule has 1 aliphatic heterocycles. The Balaban J connectivity index is 0.000000272. The van der Waals surface area contributed by atoms with E-state index >= 15 is 4.39 Å². The quantitative estimate of drug-likeness (QED) is 0.654. The minimum Gasteiger partial charge on any atom is -0.475 e. The van der Waals surface area contributed by atoms with Gasteiger partial charge >= 0.3 is 12.1 Å². The second-order valence-corrected chi connectivity index (χ2v) is 9.94. The molecule has 1 amide bonds. The summed E-state index contributed by atoms with van der Waals surface area (Å²) in [5, 5.41) is 16.5. The van der Waals surface area contributed by atoms with Crippen molar-refractivity contribution in [3.63, 3.8) is 0 Å². The van der Waals surface area contributed by atoms with Crippen molar-refractivity contribution < 1.29 is 32.3 Å². The van der Waals surface area contributed by atoms with E-state index in [1.54, 1.807) is 4.90 Å². The molecule has 3 N–H and O–H groups in total. The van der Waals surface area contributed by atoms with E-state index in [9.17, 15) is 23.2 Å². The molecule has 6 aliphatic rings. The molecule has 5 aliphatic carbocycles. The molecule has 4 bridgehead atoms. The number of nitrogens with zero attached hydrogens (tertiary/aromatic N) is 2. The van der Waals surface area contributed by atoms with Crippen molar-refractivity contribution in [3.8, 4) is 6.07 Å². The van der Waals surface area contributed by atoms with Crippen LogP contribution in [0, 0.1) is 34.5 Å². The molecule has 0 aromatic carbocycles. The van der Waals surface area contributed by atoms with Gasteiger partial charge in [0.15, 0.2) is 0 Å². The number of hydrogen-bond donors (Lipinski definition) is 2. The van der Waals surface area contributed by atoms with Crippen LogP contribution in [-0.4, -0.2) is 51.9 Å². The van der Waals surface area contributed by atoms with Crippen LogP contribution in [0.4, 0.5) is 17.6 Å². The lowest BCUT2D eigenvalue weighted by Crippen LogP contribution is -2.64. The number of fused-ring (bicyclic) bond motifs is 1. The van der Waals surface area contributed by atoms with E-state index in [0.29, 0.717) is 37.0 Å². The van der Waals surface area contributed by atoms with Gasteiger partial charge in [0.1, 0.15) is 11.7 Å². The summed E-state index contributed by atoms with van der Waals surface area (Å²) in [6, 6.07) is 1.56. The molecular weight excluding hydrogens is 406 g/mol. The maximum atomic E-state index is 15.1. The standard InChI is InChI=1S/C18H24FN3O.C2HF3O2/c19-18-6-10-1-11(7-18)5-17(4-10,9-18)15(21)16(23)22-13(8-20)2-12-3-14(12)22;3-2(4,5)1(6)7/h10-15H,1-7,9,21H2;(H,6,7)/t10-,11+,12-,13+,14+,15-,17?,18?;/m1./s1. The van der Waals surface area contributed by atoms with Gasteiger partial charge in [-0.05, 0) is 74.5 Å². The van der Waals surface area contributed by atoms with E-state index in [-0.39, 0.29) is 23.4 Å². The zero-order valence-electron chi connectivity index (χ0n) is 16.4. The average molecular weight is 431 g/mol. The molecule has 1 saturated heterocycles. The number of hydrogen-bond acceptors (Lipinski definition) is 4. The van der Waals surface area contributed by atoms with Gasteiger partial charge < -0.3 is 15.7 Å². The van der Waals surface area contributed by atoms with Crippen LogP contribution in [0.5, 0.6) is 0 Å². The Labute approximate surface area is 171 Å². The maximum Gasteiger partial charge on any atom is 0.490 e. The Morgan fingerprint density at radius 3 is 2.17 bits per heavy atom. The number of rotatable bonds is 2. The molecule has 30 heavy (non-hydrogen) atoms. The van der Waals surface area contributed by atoms with Gasteiger partial charge in [0.25, 0.3) is 0 Å². The summed E-state index contributed by atoms with van der Waals surface area (Å²) in [7, 11) is 0. The number of likely N-dealkylation sites (tertiary alicyclic amines) is 1. The maximum absolute atomic E-state index is 15.1. The first-order valence-corrected chi connectivity index (χ1v) is 10.3. The van der Waals surface area contributed by atoms with Gasteiger partial charge in [0, 0.05) is 6.04 Å². The number of alkyl halides is 4. The van der Waals surface area contributed by atoms with Gasteiger partial charge in [-0.2, -0.15) is 18.4 Å². The van der Waals surface area contributed by atoms with Crippen molar-refractivity contribution in [2.45, 2.75) is 81.3 Å². The number of amides is 1. The normalized spacial score (nSPS) is 43.9. The highest BCUT2D eigenvalue weighted by atomic mass is 19.4. The van der Waals surface area contributed by atoms with E-state index in [4.69, 9.17) is 15.6 Å². The minimum atomic E-state index is -5.08. The fourth-order valence-corrected chi connectivity index (χ4v) is 6.90. The van der Waals surface area contributed by atoms with Gasteiger partial charge in [-0.25, -0.2) is 9.18 Å². The number of piperidine rings is 1. The third-order valence-corrected chi connectivity index (χ3v) is 7.71. The van der Waals surface area contributed by atoms with Crippen LogP contribution < -0.4 is 5.73 Å². The fourth-order valence-electron chi connectivity index (χ4n) is 6.90. The smallest absolute Gasteiger partial charge is 0.475 e. The van der Waals surface area contributed by atoms with Gasteiger partial charge in [0.2, 0.25) is 5.91 Å². The van der Waals surface area contributed by atoms with E-state index in [1.165, 1.54) is 0 Å². The van der Waals surface area contributed by atoms with Crippen LogP contribution in [0.2, 0.25) is 0 Å². The zero-order valence-corrected chi connectivity index (χ0v) is 16.4. The van der Waals surface area contributed by atoms with Crippen molar-refractivity contribution in [3.05, 3.63) is 0 Å². The zero-order chi connectivity index (χ0) is 22.1. The number of carbonyl (C=O) groups excluding carboxylic acids is 1. The van der Waals surface area contributed by atoms with Crippen molar-refractivity contribution >= 4 is 11.9 Å². The molecule has 0 aromatic rings. The molecule has 6 nitrogen and oxygen atoms in total. The Morgan fingerprint density at radius 2 is 1.70 bits per heavy atom. The SMILES string of the molecule is N#C[C@@H]1C[C@@H]2C[C@@H]2N1C(=O)[C@@H](N)C12C[C@@H]3C[C@@H](CC(F)(C3)C1)C2.O=C(O)C(F)(F)F. The van der Waals surface area contributed by atoms with Crippen LogP contribution in [-0.2, 0) is 9.59 Å². The summed E-state index contributed by atoms with van der Waals surface area (Å²) in [6.45, 7) is 0. The van der Waals surface area contributed by atoms with Crippen LogP contribution in [0.15, 0.2) is 0 Å². The van der Waals surface area contributed by atoms with Crippen molar-refractivity contribution in [1.82, 2.24) is 4.90 Å². The highest BCUT2D eigenvalue weighted by Crippen LogP contribution is 2.64. The molecule has 0 radical (unpaired) electrons. The summed E-state index contributed by atoms with van der Waals surface area (Å²) >= 11 is 0. The largest absolute Gasteiger partial charge is 0.490 e. The predicted molar refractivity (Wildman–Crippen MR) is 95.4 cm³/mol. The summed E-state index contributed by atoms with van der Waals surface area (Å²) in [5.74, 6) is -1.53. The van der Waals surface area contributed by atoms with E-state index in [2.05, 4.69) is 6.07 Å². The molecule has 1 heterocycles. The minimum absolute atomic E-state index is 0.0768. The third kappa shape index (κ3) is 3.55. The number of nitrogens with two attached hydrogens (primary N) is 1. The summed E-state index contributed by atoms with van der Waals surface area (Å²) < 4.78 is 46.9. The fraction of sp³-hybridized carbons (Fsp3) is 0.850. The lowest BCUT2D eigenvalue weighted by Gasteiger charge is -2.60. The molecule has 8 atom stereocenters. The number of carboxylic acid groups (broad SMARTS) is 1. The lowest BCUT2D eigenvalue weighted by atomic mass is 9.46. The van der Waals surface area contributed by atoms with Crippen LogP contribution >= 0.6 is 0 Å². The molecule has 6 rings (SSSR count). The first-order chi connectivity index (χ1) is 13.9. The Hall–Kier alpha value is -1.89. The molecule has 5 saturated carbocycles. The van der Waals surface area contributed by atoms with Crippen LogP contribution in [0.25, 0.3) is 0 Å². The number of halogens is 4. The first-order valence-electron chi connectivity index (χ1n) is 10.3. The molecule has 2 unspecified atom stereocenters. The molecule has 10 heteroatoms. The summed E-state index contributed by atoms with van der Waals surface area (Å²) in [6.07, 6.45) is 1.45. The van der Waals surface area contributed by atoms with E-state index in [1.807, 2.05) is 0 Å². The number of aliphatic carboxylic acids is 1. The average Bonchev–Trinajstić information content (AvgIpc) is 3.28. The predicted octanol–water partition coefficient (Wildman–Crippen LogP) is 2.77. The molecule has 0 aromatic heterocycles. The van der Waals surface area contributed by atoms with Crippen molar-refractivity contribution in [2.24, 2.45) is 28.9 Å². The second-order valence-electron chi connectivity index (χ2n) is 9.94. The molecule has 6 fully saturated rings. The van der Waals surface area contributed by atoms with E-state index in [0.717, 1.165) is 32.1 Å². The number of carbonyl (C=O) groups is 2. The van der Waals surface area contributed by atoms with Crippen molar-refractivity contribution in [1.29, 1.82) is 5.26 Å². The van der Waals surface area contributed by atoms with Crippen LogP contribution in [0.3, 0.4) is 0 Å². The van der Waals surface area contributed by atoms with Crippen molar-refractivity contribution in [2.75, 3.05) is 0 Å². The van der Waals surface area contributed by atoms with Crippen LogP contribution in [0.1, 0.15) is 51.4 Å². The molecule has 166 valence electrons. The topological polar surface area (TPSA) is 107 Å². The van der Waals surface area contributed by atoms with Gasteiger partial charge in [-0.15, -0.1) is 0 Å². The van der Waals surface area contributed by atoms with Gasteiger partial charge in [-0.1, -0.05) is 0 Å².